The van der Waals surface area contributed by atoms with Crippen LogP contribution in [0.2, 0.25) is 0 Å². The minimum atomic E-state index is -2.67. The molecule has 1 amide bonds. The van der Waals surface area contributed by atoms with Crippen molar-refractivity contribution in [1.29, 1.82) is 0 Å². The van der Waals surface area contributed by atoms with Crippen molar-refractivity contribution in [2.24, 2.45) is 17.6 Å². The van der Waals surface area contributed by atoms with Crippen molar-refractivity contribution in [3.8, 4) is 22.6 Å². The predicted octanol–water partition coefficient (Wildman–Crippen LogP) is 3.09. The number of fused-ring (bicyclic) bond motifs is 3. The molecule has 1 unspecified atom stereocenters. The van der Waals surface area contributed by atoms with E-state index in [-0.39, 0.29) is 29.7 Å². The van der Waals surface area contributed by atoms with Crippen LogP contribution in [0.25, 0.3) is 11.1 Å². The molecule has 11 nitrogen and oxygen atoms in total. The van der Waals surface area contributed by atoms with Crippen LogP contribution in [0, 0.1) is 11.8 Å². The number of amides is 1. The molecule has 0 heterocycles. The summed E-state index contributed by atoms with van der Waals surface area (Å²) in [4.78, 5) is 41.2. The molecule has 3 aromatic rings. The summed E-state index contributed by atoms with van der Waals surface area (Å²) < 4.78 is 5.21. The molecule has 0 saturated carbocycles. The molecule has 6 rings (SSSR count). The van der Waals surface area contributed by atoms with E-state index in [1.807, 2.05) is 48.5 Å². The fraction of sp³-hybridized carbons (Fsp3) is 0.306. The van der Waals surface area contributed by atoms with Crippen molar-refractivity contribution in [3.63, 3.8) is 0 Å². The molecule has 0 aliphatic heterocycles. The monoisotopic (exact) mass is 639 g/mol. The second-order valence-corrected chi connectivity index (χ2v) is 12.6. The first-order chi connectivity index (χ1) is 22.4. The minimum absolute atomic E-state index is 0.0199. The number of allylic oxidation sites excluding steroid dienone is 1. The number of primary amides is 1. The summed E-state index contributed by atoms with van der Waals surface area (Å²) in [6, 6.07) is 17.8. The van der Waals surface area contributed by atoms with Gasteiger partial charge in [-0.05, 0) is 78.9 Å². The Bertz CT molecular complexity index is 1840. The zero-order valence-corrected chi connectivity index (χ0v) is 26.3. The second kappa shape index (κ2) is 12.0. The average molecular weight is 640 g/mol. The third-order valence-electron chi connectivity index (χ3n) is 9.69. The molecule has 3 aliphatic carbocycles. The predicted molar refractivity (Wildman–Crippen MR) is 173 cm³/mol. The van der Waals surface area contributed by atoms with E-state index < -0.39 is 58.0 Å². The summed E-state index contributed by atoms with van der Waals surface area (Å²) >= 11 is 0. The van der Waals surface area contributed by atoms with Crippen LogP contribution in [-0.4, -0.2) is 75.6 Å². The van der Waals surface area contributed by atoms with Crippen LogP contribution in [0.3, 0.4) is 0 Å². The standard InChI is InChI=1S/C36H37N3O8/c1-39(2)30-25-15-21-14-24-23(20-8-4-18(5-9-20)16-38-17-19-6-10-22(47-3)11-7-19)12-13-26(40)28(24)31(41)27(21)33(43)36(25,46)34(44)29(32(30)42)35(37)45/h4-13,21,25,30,38,40,42-43,46H,14-17H2,1-3H3,(H2,37,45)/t21-,25-,30?,36+/m0/s1. The quantitative estimate of drug-likeness (QED) is 0.200. The molecule has 0 saturated heterocycles. The van der Waals surface area contributed by atoms with Gasteiger partial charge >= 0.3 is 0 Å². The topological polar surface area (TPSA) is 183 Å². The zero-order chi connectivity index (χ0) is 33.8. The third kappa shape index (κ3) is 5.16. The number of Topliss-reactive ketones (excluding diaryl/α,β-unsaturated/α-hetero) is 2. The summed E-state index contributed by atoms with van der Waals surface area (Å²) in [6.45, 7) is 1.31. The van der Waals surface area contributed by atoms with Crippen molar-refractivity contribution in [3.05, 3.63) is 106 Å². The van der Waals surface area contributed by atoms with Gasteiger partial charge < -0.3 is 36.2 Å². The largest absolute Gasteiger partial charge is 0.510 e. The molecular weight excluding hydrogens is 602 g/mol. The zero-order valence-electron chi connectivity index (χ0n) is 26.3. The van der Waals surface area contributed by atoms with Crippen LogP contribution in [0.1, 0.15) is 33.5 Å². The maximum atomic E-state index is 14.0. The van der Waals surface area contributed by atoms with Crippen molar-refractivity contribution < 1.29 is 39.5 Å². The summed E-state index contributed by atoms with van der Waals surface area (Å²) in [5.41, 5.74) is 6.00. The molecule has 4 atom stereocenters. The molecule has 0 fully saturated rings. The van der Waals surface area contributed by atoms with E-state index in [0.717, 1.165) is 28.0 Å². The Kier molecular flexibility index (Phi) is 8.17. The van der Waals surface area contributed by atoms with Gasteiger partial charge in [-0.3, -0.25) is 19.3 Å². The number of ketones is 2. The number of phenols is 1. The molecule has 244 valence electrons. The number of hydrogen-bond donors (Lipinski definition) is 6. The number of aliphatic hydroxyl groups excluding tert-OH is 2. The number of nitrogens with two attached hydrogens (primary N) is 1. The molecule has 0 radical (unpaired) electrons. The number of carbonyl (C=O) groups is 3. The van der Waals surface area contributed by atoms with Crippen LogP contribution in [-0.2, 0) is 29.1 Å². The Morgan fingerprint density at radius 3 is 2.17 bits per heavy atom. The first-order valence-corrected chi connectivity index (χ1v) is 15.3. The number of phenolic OH excluding ortho intramolecular Hbond substituents is 1. The number of likely N-dealkylation sites (N-methyl/N-ethyl adjacent to an activating group) is 1. The summed E-state index contributed by atoms with van der Waals surface area (Å²) in [6.07, 6.45) is 0.239. The molecule has 7 N–H and O–H groups in total. The van der Waals surface area contributed by atoms with Crippen molar-refractivity contribution in [1.82, 2.24) is 10.2 Å². The Labute approximate surface area is 271 Å². The highest BCUT2D eigenvalue weighted by Crippen LogP contribution is 2.53. The van der Waals surface area contributed by atoms with Gasteiger partial charge in [0, 0.05) is 24.6 Å². The maximum absolute atomic E-state index is 14.0. The number of ether oxygens (including phenoxy) is 1. The molecule has 0 spiro atoms. The van der Waals surface area contributed by atoms with E-state index in [9.17, 15) is 34.8 Å². The van der Waals surface area contributed by atoms with Gasteiger partial charge in [-0.2, -0.15) is 0 Å². The number of nitrogens with zero attached hydrogens (tertiary/aromatic N) is 1. The van der Waals surface area contributed by atoms with Crippen LogP contribution >= 0.6 is 0 Å². The SMILES string of the molecule is COc1ccc(CNCc2ccc(-c3ccc(O)c4c3C[C@H]3C[C@H]5C(N(C)C)C(O)=C(C(N)=O)C(=O)[C@]5(O)C(O)=C3C4=O)cc2)cc1. The van der Waals surface area contributed by atoms with Gasteiger partial charge in [-0.15, -0.1) is 0 Å². The van der Waals surface area contributed by atoms with E-state index in [4.69, 9.17) is 10.5 Å². The van der Waals surface area contributed by atoms with E-state index in [0.29, 0.717) is 18.7 Å². The molecule has 3 aromatic carbocycles. The lowest BCUT2D eigenvalue weighted by Gasteiger charge is -2.50. The highest BCUT2D eigenvalue weighted by molar-refractivity contribution is 6.24. The number of benzene rings is 3. The Hall–Kier alpha value is -4.97. The van der Waals surface area contributed by atoms with Gasteiger partial charge in [0.05, 0.1) is 18.7 Å². The number of aliphatic hydroxyl groups is 3. The minimum Gasteiger partial charge on any atom is -0.510 e. The lowest BCUT2D eigenvalue weighted by atomic mass is 9.58. The van der Waals surface area contributed by atoms with Crippen LogP contribution < -0.4 is 15.8 Å². The Morgan fingerprint density at radius 1 is 0.979 bits per heavy atom. The summed E-state index contributed by atoms with van der Waals surface area (Å²) in [5.74, 6) is -5.94. The highest BCUT2D eigenvalue weighted by atomic mass is 16.5. The van der Waals surface area contributed by atoms with Gasteiger partial charge in [0.2, 0.25) is 5.78 Å². The van der Waals surface area contributed by atoms with Gasteiger partial charge in [-0.25, -0.2) is 0 Å². The van der Waals surface area contributed by atoms with Crippen LogP contribution in [0.4, 0.5) is 0 Å². The van der Waals surface area contributed by atoms with Crippen molar-refractivity contribution in [2.75, 3.05) is 21.2 Å². The Morgan fingerprint density at radius 2 is 1.60 bits per heavy atom. The molecule has 11 heteroatoms. The second-order valence-electron chi connectivity index (χ2n) is 12.6. The number of nitrogens with one attached hydrogen (secondary N) is 1. The van der Waals surface area contributed by atoms with E-state index in [1.165, 1.54) is 11.0 Å². The van der Waals surface area contributed by atoms with Crippen molar-refractivity contribution >= 4 is 17.5 Å². The molecule has 47 heavy (non-hydrogen) atoms. The number of aromatic hydroxyl groups is 1. The highest BCUT2D eigenvalue weighted by Gasteiger charge is 2.63. The van der Waals surface area contributed by atoms with Gasteiger partial charge in [-0.1, -0.05) is 42.5 Å². The number of methoxy groups -OCH3 is 1. The number of carbonyl (C=O) groups excluding carboxylic acids is 3. The lowest BCUT2D eigenvalue weighted by molar-refractivity contribution is -0.148. The first-order valence-electron chi connectivity index (χ1n) is 15.3. The van der Waals surface area contributed by atoms with E-state index in [2.05, 4.69) is 5.32 Å². The molecule has 0 bridgehead atoms. The number of hydrogen-bond acceptors (Lipinski definition) is 10. The van der Waals surface area contributed by atoms with Gasteiger partial charge in [0.15, 0.2) is 11.4 Å². The normalized spacial score (nSPS) is 23.8. The first kappa shape index (κ1) is 32.0. The molecule has 3 aliphatic rings. The van der Waals surface area contributed by atoms with Crippen molar-refractivity contribution in [2.45, 2.75) is 37.6 Å². The molecular formula is C36H37N3O8. The maximum Gasteiger partial charge on any atom is 0.255 e. The lowest BCUT2D eigenvalue weighted by Crippen LogP contribution is -2.63. The van der Waals surface area contributed by atoms with Crippen LogP contribution in [0.5, 0.6) is 11.5 Å². The van der Waals surface area contributed by atoms with Gasteiger partial charge in [0.25, 0.3) is 5.91 Å². The Balaban J connectivity index is 1.31. The smallest absolute Gasteiger partial charge is 0.255 e. The summed E-state index contributed by atoms with van der Waals surface area (Å²) in [5, 5.41) is 48.6. The fourth-order valence-corrected chi connectivity index (χ4v) is 7.42. The van der Waals surface area contributed by atoms with Crippen LogP contribution in [0.15, 0.2) is 83.3 Å². The third-order valence-corrected chi connectivity index (χ3v) is 9.69. The average Bonchev–Trinajstić information content (AvgIpc) is 3.03. The van der Waals surface area contributed by atoms with E-state index >= 15 is 0 Å². The number of rotatable bonds is 8. The summed E-state index contributed by atoms with van der Waals surface area (Å²) in [7, 11) is 4.83. The van der Waals surface area contributed by atoms with Gasteiger partial charge in [0.1, 0.15) is 28.6 Å². The van der Waals surface area contributed by atoms with E-state index in [1.54, 1.807) is 27.3 Å². The fourth-order valence-electron chi connectivity index (χ4n) is 7.42. The molecule has 0 aromatic heterocycles.